The van der Waals surface area contributed by atoms with Gasteiger partial charge in [0.1, 0.15) is 0 Å². The van der Waals surface area contributed by atoms with Gasteiger partial charge >= 0.3 is 27.3 Å². The summed E-state index contributed by atoms with van der Waals surface area (Å²) in [5, 5.41) is 20.6. The minimum absolute atomic E-state index is 0. The van der Waals surface area contributed by atoms with Gasteiger partial charge < -0.3 is 19.8 Å². The number of aliphatic carboxylic acids is 2. The van der Waals surface area contributed by atoms with E-state index in [1.165, 1.54) is 244 Å². The van der Waals surface area contributed by atoms with E-state index in [-0.39, 0.29) is 40.1 Å². The summed E-state index contributed by atoms with van der Waals surface area (Å²) in [7, 11) is 0. The number of carbonyl (C=O) groups is 2. The number of rotatable bonds is 44. The van der Waals surface area contributed by atoms with Crippen LogP contribution in [0.4, 0.5) is 0 Å². The van der Waals surface area contributed by atoms with E-state index in [4.69, 9.17) is 0 Å². The number of carboxylic acid groups (broad SMARTS) is 2. The molecule has 0 amide bonds. The van der Waals surface area contributed by atoms with E-state index in [2.05, 4.69) is 13.8 Å². The number of hydrogen-bond acceptors (Lipinski definition) is 4. The van der Waals surface area contributed by atoms with Crippen molar-refractivity contribution in [2.45, 2.75) is 296 Å². The minimum Gasteiger partial charge on any atom is -0.550 e. The summed E-state index contributed by atoms with van der Waals surface area (Å²) in [6.45, 7) is 4.57. The van der Waals surface area contributed by atoms with Gasteiger partial charge in [0.2, 0.25) is 0 Å². The maximum atomic E-state index is 10.3. The van der Waals surface area contributed by atoms with Gasteiger partial charge in [-0.3, -0.25) is 0 Å². The maximum absolute atomic E-state index is 10.3. The molecule has 0 saturated carbocycles. The summed E-state index contributed by atoms with van der Waals surface area (Å²) >= 11 is 0. The largest absolute Gasteiger partial charge is 2.00 e. The first kappa shape index (κ1) is 57.2. The zero-order chi connectivity index (χ0) is 38.3. The zero-order valence-corrected chi connectivity index (χ0v) is 40.5. The van der Waals surface area contributed by atoms with Gasteiger partial charge in [-0.25, -0.2) is 0 Å². The summed E-state index contributed by atoms with van der Waals surface area (Å²) < 4.78 is 0. The molecule has 0 fully saturated rings. The molecule has 0 aromatic rings. The monoisotopic (exact) mass is 849 g/mol. The predicted molar refractivity (Wildman–Crippen MR) is 225 cm³/mol. The summed E-state index contributed by atoms with van der Waals surface area (Å²) in [5.74, 6) is -1.80. The molecule has 0 aliphatic rings. The van der Waals surface area contributed by atoms with Crippen molar-refractivity contribution in [2.24, 2.45) is 0 Å². The first-order chi connectivity index (χ1) is 25.5. The fourth-order valence-electron chi connectivity index (χ4n) is 7.40. The van der Waals surface area contributed by atoms with Crippen LogP contribution in [0.15, 0.2) is 0 Å². The van der Waals surface area contributed by atoms with Crippen LogP contribution in [0.3, 0.4) is 0 Å². The van der Waals surface area contributed by atoms with E-state index in [9.17, 15) is 19.8 Å². The topological polar surface area (TPSA) is 80.3 Å². The van der Waals surface area contributed by atoms with Gasteiger partial charge in [-0.2, -0.15) is 0 Å². The Hall–Kier alpha value is -0.138. The van der Waals surface area contributed by atoms with Crippen LogP contribution in [0.5, 0.6) is 0 Å². The Kier molecular flexibility index (Phi) is 58.2. The molecule has 0 aromatic heterocycles. The third-order valence-corrected chi connectivity index (χ3v) is 11.0. The number of carboxylic acids is 2. The van der Waals surface area contributed by atoms with Crippen molar-refractivity contribution in [3.05, 3.63) is 0 Å². The third-order valence-electron chi connectivity index (χ3n) is 11.0. The van der Waals surface area contributed by atoms with Crippen molar-refractivity contribution in [1.29, 1.82) is 0 Å². The molecule has 53 heavy (non-hydrogen) atoms. The van der Waals surface area contributed by atoms with Crippen LogP contribution in [0.25, 0.3) is 0 Å². The molecular formula is C48H94CdO4. The molecule has 0 radical (unpaired) electrons. The molecule has 0 aliphatic carbocycles. The van der Waals surface area contributed by atoms with Crippen molar-refractivity contribution >= 4 is 11.9 Å². The normalized spacial score (nSPS) is 10.9. The summed E-state index contributed by atoms with van der Waals surface area (Å²) in [4.78, 5) is 20.6. The van der Waals surface area contributed by atoms with Gasteiger partial charge in [0.25, 0.3) is 0 Å². The maximum Gasteiger partial charge on any atom is 2.00 e. The van der Waals surface area contributed by atoms with Gasteiger partial charge in [0.15, 0.2) is 0 Å². The summed E-state index contributed by atoms with van der Waals surface area (Å²) in [5.41, 5.74) is 0. The molecule has 0 bridgehead atoms. The number of carbonyl (C=O) groups excluding carboxylic acids is 2. The Morgan fingerprint density at radius 2 is 0.358 bits per heavy atom. The van der Waals surface area contributed by atoms with Crippen LogP contribution in [0.2, 0.25) is 0 Å². The van der Waals surface area contributed by atoms with Gasteiger partial charge in [-0.05, 0) is 25.7 Å². The average molecular weight is 848 g/mol. The van der Waals surface area contributed by atoms with Crippen LogP contribution < -0.4 is 10.2 Å². The molecule has 0 N–H and O–H groups in total. The van der Waals surface area contributed by atoms with Crippen LogP contribution in [-0.2, 0) is 36.9 Å². The molecule has 0 saturated heterocycles. The van der Waals surface area contributed by atoms with Crippen molar-refractivity contribution in [3.63, 3.8) is 0 Å². The Bertz CT molecular complexity index is 614. The van der Waals surface area contributed by atoms with Crippen molar-refractivity contribution in [2.75, 3.05) is 0 Å². The second-order valence-corrected chi connectivity index (χ2v) is 16.4. The fourth-order valence-corrected chi connectivity index (χ4v) is 7.40. The second-order valence-electron chi connectivity index (χ2n) is 16.4. The second kappa shape index (κ2) is 54.0. The fraction of sp³-hybridized carbons (Fsp3) is 0.958. The standard InChI is InChI=1S/2C24H48O2.Cd/c2*1-2-3-4-5-6-7-8-9-10-11-12-13-14-15-16-17-18-19-20-21-22-23-24(25)26;/h2*2-23H2,1H3,(H,25,26);/q;;+2/p-2. The van der Waals surface area contributed by atoms with E-state index in [0.29, 0.717) is 0 Å². The first-order valence-corrected chi connectivity index (χ1v) is 23.9. The predicted octanol–water partition coefficient (Wildman–Crippen LogP) is 14.7. The van der Waals surface area contributed by atoms with Crippen molar-refractivity contribution < 1.29 is 47.1 Å². The Morgan fingerprint density at radius 3 is 0.472 bits per heavy atom. The van der Waals surface area contributed by atoms with Crippen LogP contribution in [0, 0.1) is 0 Å². The van der Waals surface area contributed by atoms with E-state index in [1.54, 1.807) is 0 Å². The smallest absolute Gasteiger partial charge is 0.550 e. The van der Waals surface area contributed by atoms with E-state index in [0.717, 1.165) is 25.7 Å². The van der Waals surface area contributed by atoms with Crippen LogP contribution >= 0.6 is 0 Å². The molecule has 0 atom stereocenters. The summed E-state index contributed by atoms with van der Waals surface area (Å²) in [6, 6.07) is 0. The van der Waals surface area contributed by atoms with Crippen molar-refractivity contribution in [1.82, 2.24) is 0 Å². The van der Waals surface area contributed by atoms with Gasteiger partial charge in [0.05, 0.1) is 0 Å². The molecular weight excluding hydrogens is 753 g/mol. The zero-order valence-electron chi connectivity index (χ0n) is 36.5. The molecule has 5 heteroatoms. The Morgan fingerprint density at radius 1 is 0.245 bits per heavy atom. The molecule has 0 heterocycles. The molecule has 0 aliphatic heterocycles. The van der Waals surface area contributed by atoms with E-state index < -0.39 is 11.9 Å². The van der Waals surface area contributed by atoms with Gasteiger partial charge in [-0.15, -0.1) is 0 Å². The van der Waals surface area contributed by atoms with E-state index in [1.807, 2.05) is 0 Å². The number of hydrogen-bond donors (Lipinski definition) is 0. The molecule has 0 aromatic carbocycles. The average Bonchev–Trinajstić information content (AvgIpc) is 3.13. The minimum atomic E-state index is -0.900. The van der Waals surface area contributed by atoms with Crippen LogP contribution in [0.1, 0.15) is 296 Å². The number of unbranched alkanes of at least 4 members (excludes halogenated alkanes) is 40. The molecule has 0 rings (SSSR count). The SMILES string of the molecule is CCCCCCCCCCCCCCCCCCCCCCCC(=O)[O-].CCCCCCCCCCCCCCCCCCCCCCCC(=O)[O-].[Cd+2]. The van der Waals surface area contributed by atoms with Crippen molar-refractivity contribution in [3.8, 4) is 0 Å². The van der Waals surface area contributed by atoms with Gasteiger partial charge in [0, 0.05) is 11.9 Å². The quantitative estimate of drug-likeness (QED) is 0.0452. The molecule has 0 spiro atoms. The Labute approximate surface area is 353 Å². The van der Waals surface area contributed by atoms with E-state index >= 15 is 0 Å². The van der Waals surface area contributed by atoms with Crippen LogP contribution in [-0.4, -0.2) is 11.9 Å². The molecule has 312 valence electrons. The van der Waals surface area contributed by atoms with Gasteiger partial charge in [-0.1, -0.05) is 271 Å². The Balaban J connectivity index is -0.000000926. The molecule has 4 nitrogen and oxygen atoms in total. The summed E-state index contributed by atoms with van der Waals surface area (Å²) in [6.07, 6.45) is 57.4. The third kappa shape index (κ3) is 61.3. The first-order valence-electron chi connectivity index (χ1n) is 23.9. The molecule has 0 unspecified atom stereocenters.